The molecule has 0 bridgehead atoms. The Morgan fingerprint density at radius 3 is 2.00 bits per heavy atom. The van der Waals surface area contributed by atoms with Gasteiger partial charge in [0, 0.05) is 18.1 Å². The first-order valence-electron chi connectivity index (χ1n) is 16.4. The van der Waals surface area contributed by atoms with Crippen LogP contribution in [-0.2, 0) is 21.5 Å². The molecule has 0 fully saturated rings. The molecule has 6 heteroatoms. The number of hydrogen-bond donors (Lipinski definition) is 0. The molecule has 0 aliphatic carbocycles. The molecule has 0 saturated heterocycles. The minimum absolute atomic E-state index is 0.00916. The van der Waals surface area contributed by atoms with E-state index < -0.39 is 12.0 Å². The molecule has 0 aliphatic rings. The minimum Gasteiger partial charge on any atom is -0.469 e. The lowest BCUT2D eigenvalue weighted by Crippen LogP contribution is -2.36. The average molecular weight is 649 g/mol. The van der Waals surface area contributed by atoms with E-state index in [1.165, 1.54) is 12.7 Å². The first-order valence-corrected chi connectivity index (χ1v) is 16.4. The number of carbonyl (C=O) groups excluding carboxylic acids is 2. The summed E-state index contributed by atoms with van der Waals surface area (Å²) in [6.45, 7) is 6.83. The summed E-state index contributed by atoms with van der Waals surface area (Å²) in [5, 5.41) is 1.70. The van der Waals surface area contributed by atoms with Crippen molar-refractivity contribution in [2.24, 2.45) is 0 Å². The van der Waals surface area contributed by atoms with Crippen molar-refractivity contribution in [3.8, 4) is 22.6 Å². The fourth-order valence-electron chi connectivity index (χ4n) is 5.89. The first kappa shape index (κ1) is 33.2. The number of pyridine rings is 1. The highest BCUT2D eigenvalue weighted by atomic mass is 16.5. The third-order valence-electron chi connectivity index (χ3n) is 8.69. The van der Waals surface area contributed by atoms with Crippen molar-refractivity contribution < 1.29 is 19.1 Å². The van der Waals surface area contributed by atoms with Gasteiger partial charge in [0.2, 0.25) is 0 Å². The monoisotopic (exact) mass is 648 g/mol. The van der Waals surface area contributed by atoms with Gasteiger partial charge in [-0.05, 0) is 69.0 Å². The van der Waals surface area contributed by atoms with Gasteiger partial charge in [-0.15, -0.1) is 0 Å². The summed E-state index contributed by atoms with van der Waals surface area (Å²) < 4.78 is 11.3. The predicted octanol–water partition coefficient (Wildman–Crippen LogP) is 9.94. The normalized spacial score (nSPS) is 11.9. The Hall–Kier alpha value is -5.75. The third kappa shape index (κ3) is 8.04. The molecule has 1 amide bonds. The average Bonchev–Trinajstić information content (AvgIpc) is 3.13. The molecule has 6 nitrogen and oxygen atoms in total. The van der Waals surface area contributed by atoms with Crippen molar-refractivity contribution in [2.75, 3.05) is 7.11 Å². The van der Waals surface area contributed by atoms with Crippen LogP contribution < -0.4 is 4.74 Å². The van der Waals surface area contributed by atoms with Gasteiger partial charge in [0.1, 0.15) is 17.2 Å². The molecule has 0 saturated carbocycles. The summed E-state index contributed by atoms with van der Waals surface area (Å²) in [5.74, 6) is 0.734. The van der Waals surface area contributed by atoms with E-state index in [0.717, 1.165) is 38.8 Å². The lowest BCUT2D eigenvalue weighted by Gasteiger charge is -2.32. The third-order valence-corrected chi connectivity index (χ3v) is 8.69. The fraction of sp³-hybridized carbons (Fsp3) is 0.186. The number of ether oxygens (including phenoxy) is 2. The van der Waals surface area contributed by atoms with E-state index in [0.29, 0.717) is 5.75 Å². The molecule has 1 atom stereocenters. The zero-order valence-corrected chi connectivity index (χ0v) is 28.3. The number of amides is 1. The highest BCUT2D eigenvalue weighted by molar-refractivity contribution is 5.97. The summed E-state index contributed by atoms with van der Waals surface area (Å²) in [5.41, 5.74) is 5.47. The summed E-state index contributed by atoms with van der Waals surface area (Å²) >= 11 is 0. The van der Waals surface area contributed by atoms with E-state index in [2.05, 4.69) is 50.0 Å². The maximum absolute atomic E-state index is 14.5. The number of fused-ring (bicyclic) bond motifs is 1. The zero-order valence-electron chi connectivity index (χ0n) is 28.3. The largest absolute Gasteiger partial charge is 0.469 e. The lowest BCUT2D eigenvalue weighted by atomic mass is 9.87. The molecule has 246 valence electrons. The lowest BCUT2D eigenvalue weighted by molar-refractivity contribution is -0.141. The second-order valence-electron chi connectivity index (χ2n) is 13.2. The predicted molar refractivity (Wildman–Crippen MR) is 195 cm³/mol. The summed E-state index contributed by atoms with van der Waals surface area (Å²) in [7, 11) is 1.37. The Balaban J connectivity index is 1.31. The minimum atomic E-state index is -0.595. The molecular weight excluding hydrogens is 608 g/mol. The molecule has 49 heavy (non-hydrogen) atoms. The van der Waals surface area contributed by atoms with Gasteiger partial charge in [-0.2, -0.15) is 0 Å². The number of methoxy groups -OCH3 is 1. The molecule has 6 rings (SSSR count). The quantitative estimate of drug-likeness (QED) is 0.138. The van der Waals surface area contributed by atoms with Crippen LogP contribution in [0.5, 0.6) is 11.5 Å². The van der Waals surface area contributed by atoms with Crippen LogP contribution in [-0.4, -0.2) is 28.9 Å². The van der Waals surface area contributed by atoms with Crippen LogP contribution >= 0.6 is 0 Å². The molecule has 6 aromatic rings. The van der Waals surface area contributed by atoms with E-state index in [-0.39, 0.29) is 30.0 Å². The number of rotatable bonds is 10. The molecule has 5 aromatic carbocycles. The Bertz CT molecular complexity index is 2040. The van der Waals surface area contributed by atoms with Gasteiger partial charge in [0.25, 0.3) is 5.91 Å². The van der Waals surface area contributed by atoms with Crippen molar-refractivity contribution in [3.05, 3.63) is 162 Å². The van der Waals surface area contributed by atoms with Gasteiger partial charge in [-0.25, -0.2) is 0 Å². The van der Waals surface area contributed by atoms with Crippen molar-refractivity contribution in [3.63, 3.8) is 0 Å². The van der Waals surface area contributed by atoms with Crippen molar-refractivity contribution >= 4 is 22.6 Å². The second-order valence-corrected chi connectivity index (χ2v) is 13.2. The van der Waals surface area contributed by atoms with E-state index >= 15 is 0 Å². The van der Waals surface area contributed by atoms with Crippen LogP contribution in [0.4, 0.5) is 0 Å². The number of hydrogen-bond acceptors (Lipinski definition) is 5. The Labute approximate surface area is 288 Å². The Kier molecular flexibility index (Phi) is 9.86. The van der Waals surface area contributed by atoms with Gasteiger partial charge in [-0.1, -0.05) is 124 Å². The highest BCUT2D eigenvalue weighted by Gasteiger charge is 2.30. The number of aromatic nitrogens is 1. The van der Waals surface area contributed by atoms with E-state index in [1.807, 2.05) is 103 Å². The topological polar surface area (TPSA) is 68.7 Å². The van der Waals surface area contributed by atoms with Crippen LogP contribution in [0.1, 0.15) is 60.4 Å². The summed E-state index contributed by atoms with van der Waals surface area (Å²) in [6.07, 6.45) is 1.69. The number of esters is 1. The van der Waals surface area contributed by atoms with Gasteiger partial charge in [0.15, 0.2) is 0 Å². The smallest absolute Gasteiger partial charge is 0.307 e. The van der Waals surface area contributed by atoms with Crippen molar-refractivity contribution in [2.45, 2.75) is 45.2 Å². The summed E-state index contributed by atoms with van der Waals surface area (Å²) in [4.78, 5) is 33.6. The maximum atomic E-state index is 14.5. The number of carbonyl (C=O) groups is 2. The number of nitrogens with zero attached hydrogens (tertiary/aromatic N) is 2. The second kappa shape index (κ2) is 14.6. The van der Waals surface area contributed by atoms with Crippen molar-refractivity contribution in [1.29, 1.82) is 0 Å². The van der Waals surface area contributed by atoms with Gasteiger partial charge in [-0.3, -0.25) is 14.6 Å². The molecule has 0 radical (unpaired) electrons. The maximum Gasteiger partial charge on any atom is 0.307 e. The standard InChI is InChI=1S/C43H40N2O4/c1-43(2,3)36-20-23-37(24-21-36)49-38-22-19-34-26-39(44-28-35(34)25-38)42(47)45(29-30-11-7-5-8-12-30)40(27-41(46)48-4)33-17-15-32(16-18-33)31-13-9-6-10-14-31/h5-26,28,40H,27,29H2,1-4H3. The highest BCUT2D eigenvalue weighted by Crippen LogP contribution is 2.32. The molecule has 0 aliphatic heterocycles. The summed E-state index contributed by atoms with van der Waals surface area (Å²) in [6, 6.07) is 42.9. The molecule has 1 aromatic heterocycles. The molecule has 1 heterocycles. The molecule has 0 spiro atoms. The van der Waals surface area contributed by atoms with Crippen LogP contribution in [0.2, 0.25) is 0 Å². The van der Waals surface area contributed by atoms with Gasteiger partial charge in [0.05, 0.1) is 19.6 Å². The van der Waals surface area contributed by atoms with E-state index in [1.54, 1.807) is 17.2 Å². The van der Waals surface area contributed by atoms with E-state index in [9.17, 15) is 9.59 Å². The number of benzene rings is 5. The molecular formula is C43H40N2O4. The van der Waals surface area contributed by atoms with E-state index in [4.69, 9.17) is 9.47 Å². The van der Waals surface area contributed by atoms with Crippen LogP contribution in [0.25, 0.3) is 21.9 Å². The van der Waals surface area contributed by atoms with Crippen LogP contribution in [0.15, 0.2) is 140 Å². The zero-order chi connectivity index (χ0) is 34.4. The van der Waals surface area contributed by atoms with Crippen molar-refractivity contribution in [1.82, 2.24) is 9.88 Å². The van der Waals surface area contributed by atoms with Gasteiger partial charge < -0.3 is 14.4 Å². The molecule has 1 unspecified atom stereocenters. The van der Waals surface area contributed by atoms with Gasteiger partial charge >= 0.3 is 5.97 Å². The molecule has 0 N–H and O–H groups in total. The van der Waals surface area contributed by atoms with Crippen LogP contribution in [0.3, 0.4) is 0 Å². The fourth-order valence-corrected chi connectivity index (χ4v) is 5.89. The Morgan fingerprint density at radius 1 is 0.714 bits per heavy atom. The van der Waals surface area contributed by atoms with Crippen LogP contribution in [0, 0.1) is 0 Å². The first-order chi connectivity index (χ1) is 23.7. The SMILES string of the molecule is COC(=O)CC(c1ccc(-c2ccccc2)cc1)N(Cc1ccccc1)C(=O)c1cc2ccc(Oc3ccc(C(C)(C)C)cc3)cc2cn1. The Morgan fingerprint density at radius 2 is 1.35 bits per heavy atom.